The molecule has 0 bridgehead atoms. The molecule has 4 fully saturated rings. The third-order valence-electron chi connectivity index (χ3n) is 12.8. The van der Waals surface area contributed by atoms with E-state index in [-0.39, 0.29) is 51.3 Å². The summed E-state index contributed by atoms with van der Waals surface area (Å²) in [4.78, 5) is 0. The van der Waals surface area contributed by atoms with E-state index in [9.17, 15) is 15.3 Å². The first-order valence-corrected chi connectivity index (χ1v) is 13.6. The van der Waals surface area contributed by atoms with Crippen molar-refractivity contribution in [2.75, 3.05) is 6.61 Å². The molecule has 3 N–H and O–H groups in total. The van der Waals surface area contributed by atoms with Crippen LogP contribution < -0.4 is 0 Å². The van der Waals surface area contributed by atoms with Crippen LogP contribution in [-0.4, -0.2) is 34.1 Å². The zero-order chi connectivity index (χ0) is 24.2. The van der Waals surface area contributed by atoms with E-state index in [1.54, 1.807) is 5.57 Å². The standard InChI is InChI=1S/C30H48O3/c1-25(2)21-10-13-30(7)22(28(21,5)12-11-23(25)32)9-8-19-20-16-26(3,18-31)17-24(33)27(20,4)14-15-29(19,30)6/h8-9,20-21,23-24,31-33H,10-18H2,1-7H3. The molecule has 0 aliphatic heterocycles. The lowest BCUT2D eigenvalue weighted by Crippen LogP contribution is -2.62. The molecular formula is C30H48O3. The van der Waals surface area contributed by atoms with Crippen molar-refractivity contribution in [3.63, 3.8) is 0 Å². The van der Waals surface area contributed by atoms with Crippen molar-refractivity contribution in [3.05, 3.63) is 23.3 Å². The third kappa shape index (κ3) is 2.85. The first kappa shape index (κ1) is 24.1. The molecule has 0 aromatic rings. The summed E-state index contributed by atoms with van der Waals surface area (Å²) in [5.41, 5.74) is 3.14. The van der Waals surface area contributed by atoms with Gasteiger partial charge in [0.1, 0.15) is 0 Å². The van der Waals surface area contributed by atoms with E-state index in [2.05, 4.69) is 60.6 Å². The lowest BCUT2D eigenvalue weighted by Gasteiger charge is -2.69. The summed E-state index contributed by atoms with van der Waals surface area (Å²) < 4.78 is 0. The number of hydrogen-bond donors (Lipinski definition) is 3. The topological polar surface area (TPSA) is 60.7 Å². The largest absolute Gasteiger partial charge is 0.396 e. The Hall–Kier alpha value is -0.640. The minimum Gasteiger partial charge on any atom is -0.396 e. The summed E-state index contributed by atoms with van der Waals surface area (Å²) in [6.45, 7) is 16.8. The van der Waals surface area contributed by atoms with Gasteiger partial charge in [0.15, 0.2) is 0 Å². The Labute approximate surface area is 201 Å². The van der Waals surface area contributed by atoms with E-state index < -0.39 is 0 Å². The van der Waals surface area contributed by atoms with Gasteiger partial charge in [-0.15, -0.1) is 0 Å². The second-order valence-corrected chi connectivity index (χ2v) is 14.7. The van der Waals surface area contributed by atoms with Crippen molar-refractivity contribution >= 4 is 0 Å². The molecule has 3 nitrogen and oxygen atoms in total. The van der Waals surface area contributed by atoms with Crippen LogP contribution in [0.5, 0.6) is 0 Å². The molecule has 4 saturated carbocycles. The van der Waals surface area contributed by atoms with Gasteiger partial charge in [-0.25, -0.2) is 0 Å². The average Bonchev–Trinajstić information content (AvgIpc) is 2.73. The highest BCUT2D eigenvalue weighted by atomic mass is 16.3. The van der Waals surface area contributed by atoms with Crippen LogP contribution in [0.15, 0.2) is 23.3 Å². The molecule has 9 atom stereocenters. The maximum Gasteiger partial charge on any atom is 0.0605 e. The highest BCUT2D eigenvalue weighted by molar-refractivity contribution is 5.45. The molecule has 5 rings (SSSR count). The van der Waals surface area contributed by atoms with Crippen LogP contribution in [0.4, 0.5) is 0 Å². The van der Waals surface area contributed by atoms with Crippen molar-refractivity contribution in [3.8, 4) is 0 Å². The molecule has 0 heterocycles. The fourth-order valence-electron chi connectivity index (χ4n) is 9.99. The van der Waals surface area contributed by atoms with E-state index in [0.29, 0.717) is 18.3 Å². The van der Waals surface area contributed by atoms with Gasteiger partial charge in [0.25, 0.3) is 0 Å². The Morgan fingerprint density at radius 2 is 1.48 bits per heavy atom. The van der Waals surface area contributed by atoms with Gasteiger partial charge in [-0.2, -0.15) is 0 Å². The summed E-state index contributed by atoms with van der Waals surface area (Å²) in [6.07, 6.45) is 12.6. The van der Waals surface area contributed by atoms with Crippen molar-refractivity contribution in [1.82, 2.24) is 0 Å². The maximum atomic E-state index is 11.3. The molecule has 0 saturated heterocycles. The monoisotopic (exact) mass is 456 g/mol. The van der Waals surface area contributed by atoms with Crippen LogP contribution in [0.25, 0.3) is 0 Å². The highest BCUT2D eigenvalue weighted by Crippen LogP contribution is 2.74. The third-order valence-corrected chi connectivity index (χ3v) is 12.8. The van der Waals surface area contributed by atoms with Crippen LogP contribution in [0.3, 0.4) is 0 Å². The molecule has 5 aliphatic carbocycles. The molecule has 0 amide bonds. The van der Waals surface area contributed by atoms with Gasteiger partial charge in [-0.1, -0.05) is 71.8 Å². The molecule has 186 valence electrons. The summed E-state index contributed by atoms with van der Waals surface area (Å²) in [5.74, 6) is 0.830. The van der Waals surface area contributed by atoms with Gasteiger partial charge >= 0.3 is 0 Å². The summed E-state index contributed by atoms with van der Waals surface area (Å²) in [6, 6.07) is 0. The van der Waals surface area contributed by atoms with Gasteiger partial charge in [-0.3, -0.25) is 0 Å². The molecule has 0 aromatic heterocycles. The Morgan fingerprint density at radius 3 is 2.15 bits per heavy atom. The average molecular weight is 457 g/mol. The van der Waals surface area contributed by atoms with Crippen molar-refractivity contribution in [2.45, 2.75) is 112 Å². The summed E-state index contributed by atoms with van der Waals surface area (Å²) >= 11 is 0. The van der Waals surface area contributed by atoms with Gasteiger partial charge in [-0.05, 0) is 90.3 Å². The van der Waals surface area contributed by atoms with E-state index >= 15 is 0 Å². The van der Waals surface area contributed by atoms with Gasteiger partial charge in [0.05, 0.1) is 12.2 Å². The quantitative estimate of drug-likeness (QED) is 0.451. The minimum absolute atomic E-state index is 0.0539. The molecule has 3 heteroatoms. The highest BCUT2D eigenvalue weighted by Gasteiger charge is 2.66. The number of aliphatic hydroxyl groups is 3. The number of fused-ring (bicyclic) bond motifs is 7. The van der Waals surface area contributed by atoms with E-state index in [0.717, 1.165) is 32.1 Å². The molecular weight excluding hydrogens is 408 g/mol. The van der Waals surface area contributed by atoms with Crippen molar-refractivity contribution in [1.29, 1.82) is 0 Å². The van der Waals surface area contributed by atoms with Crippen molar-refractivity contribution < 1.29 is 15.3 Å². The van der Waals surface area contributed by atoms with Crippen LogP contribution in [-0.2, 0) is 0 Å². The number of allylic oxidation sites excluding steroid dienone is 4. The zero-order valence-corrected chi connectivity index (χ0v) is 22.2. The summed E-state index contributed by atoms with van der Waals surface area (Å²) in [7, 11) is 0. The van der Waals surface area contributed by atoms with E-state index in [1.807, 2.05) is 0 Å². The Bertz CT molecular complexity index is 902. The molecule has 0 radical (unpaired) electrons. The van der Waals surface area contributed by atoms with Crippen LogP contribution in [0, 0.1) is 44.3 Å². The molecule has 5 aliphatic rings. The fraction of sp³-hybridized carbons (Fsp3) is 0.867. The lowest BCUT2D eigenvalue weighted by atomic mass is 9.36. The maximum absolute atomic E-state index is 11.3. The predicted molar refractivity (Wildman–Crippen MR) is 133 cm³/mol. The first-order valence-electron chi connectivity index (χ1n) is 13.6. The van der Waals surface area contributed by atoms with Crippen LogP contribution >= 0.6 is 0 Å². The smallest absolute Gasteiger partial charge is 0.0605 e. The van der Waals surface area contributed by atoms with Crippen LogP contribution in [0.1, 0.15) is 99.8 Å². The first-order chi connectivity index (χ1) is 15.2. The normalized spacial score (nSPS) is 55.3. The van der Waals surface area contributed by atoms with E-state index in [1.165, 1.54) is 18.4 Å². The predicted octanol–water partition coefficient (Wildman–Crippen LogP) is 6.03. The second-order valence-electron chi connectivity index (χ2n) is 14.7. The Balaban J connectivity index is 1.63. The van der Waals surface area contributed by atoms with Gasteiger partial charge in [0, 0.05) is 12.0 Å². The second kappa shape index (κ2) is 6.98. The van der Waals surface area contributed by atoms with Gasteiger partial charge in [0.2, 0.25) is 0 Å². The SMILES string of the molecule is CC1(CO)CC(O)C2(C)CCC3(C)C(=CC=C4C5(C)CCC(O)C(C)(C)C5CCC43C)C2C1. The van der Waals surface area contributed by atoms with E-state index in [4.69, 9.17) is 0 Å². The molecule has 33 heavy (non-hydrogen) atoms. The number of aliphatic hydroxyl groups excluding tert-OH is 3. The van der Waals surface area contributed by atoms with Crippen molar-refractivity contribution in [2.24, 2.45) is 44.3 Å². The number of rotatable bonds is 1. The van der Waals surface area contributed by atoms with Crippen LogP contribution in [0.2, 0.25) is 0 Å². The number of hydrogen-bond acceptors (Lipinski definition) is 3. The minimum atomic E-state index is -0.356. The zero-order valence-electron chi connectivity index (χ0n) is 22.2. The summed E-state index contributed by atoms with van der Waals surface area (Å²) in [5, 5.41) is 32.4. The molecule has 0 spiro atoms. The molecule has 9 unspecified atom stereocenters. The Morgan fingerprint density at radius 1 is 0.788 bits per heavy atom. The van der Waals surface area contributed by atoms with Gasteiger partial charge < -0.3 is 15.3 Å². The fourth-order valence-corrected chi connectivity index (χ4v) is 9.99. The Kier molecular flexibility index (Phi) is 5.09. The lowest BCUT2D eigenvalue weighted by molar-refractivity contribution is -0.144. The molecule has 0 aromatic carbocycles.